The molecule has 0 radical (unpaired) electrons. The third kappa shape index (κ3) is 4.80. The highest BCUT2D eigenvalue weighted by atomic mass is 19.1. The molecule has 7 nitrogen and oxygen atoms in total. The van der Waals surface area contributed by atoms with Crippen LogP contribution < -0.4 is 15.0 Å². The number of carbonyl (C=O) groups is 1. The molecule has 1 aliphatic rings. The summed E-state index contributed by atoms with van der Waals surface area (Å²) in [6.45, 7) is 2.82. The number of morpholine rings is 1. The van der Waals surface area contributed by atoms with Gasteiger partial charge in [-0.2, -0.15) is 4.98 Å². The second-order valence-electron chi connectivity index (χ2n) is 7.50. The third-order valence-electron chi connectivity index (χ3n) is 5.44. The molecule has 4 rings (SSSR count). The number of rotatable bonds is 7. The number of amides is 1. The topological polar surface area (TPSA) is 68.6 Å². The van der Waals surface area contributed by atoms with Crippen LogP contribution in [0.15, 0.2) is 42.5 Å². The number of aryl methyl sites for hydroxylation is 1. The smallest absolute Gasteiger partial charge is 0.330 e. The molecule has 1 fully saturated rings. The van der Waals surface area contributed by atoms with E-state index >= 15 is 0 Å². The number of ether oxygens (including phenoxy) is 2. The van der Waals surface area contributed by atoms with Crippen molar-refractivity contribution in [3.63, 3.8) is 0 Å². The molecule has 0 unspecified atom stereocenters. The predicted octanol–water partition coefficient (Wildman–Crippen LogP) is 3.60. The zero-order valence-electron chi connectivity index (χ0n) is 17.6. The number of hydrogen-bond acceptors (Lipinski definition) is 5. The van der Waals surface area contributed by atoms with E-state index in [1.54, 1.807) is 6.07 Å². The number of imidazole rings is 1. The molecule has 3 aromatic rings. The number of fused-ring (bicyclic) bond motifs is 1. The van der Waals surface area contributed by atoms with Gasteiger partial charge in [0.05, 0.1) is 37.0 Å². The van der Waals surface area contributed by atoms with E-state index < -0.39 is 0 Å². The Balaban J connectivity index is 1.46. The summed E-state index contributed by atoms with van der Waals surface area (Å²) in [5.41, 5.74) is 2.62. The Morgan fingerprint density at radius 3 is 2.71 bits per heavy atom. The average Bonchev–Trinajstić information content (AvgIpc) is 3.17. The predicted molar refractivity (Wildman–Crippen MR) is 117 cm³/mol. The van der Waals surface area contributed by atoms with E-state index in [0.717, 1.165) is 19.3 Å². The number of nitrogens with zero attached hydrogens (tertiary/aromatic N) is 3. The maximum absolute atomic E-state index is 14.7. The van der Waals surface area contributed by atoms with E-state index in [-0.39, 0.29) is 17.9 Å². The molecule has 1 aliphatic heterocycles. The van der Waals surface area contributed by atoms with Crippen molar-refractivity contribution < 1.29 is 18.7 Å². The van der Waals surface area contributed by atoms with Gasteiger partial charge in [0.15, 0.2) is 0 Å². The van der Waals surface area contributed by atoms with Crippen LogP contribution in [0.3, 0.4) is 0 Å². The zero-order valence-corrected chi connectivity index (χ0v) is 17.6. The Morgan fingerprint density at radius 1 is 1.19 bits per heavy atom. The molecule has 0 aliphatic carbocycles. The highest BCUT2D eigenvalue weighted by molar-refractivity contribution is 5.92. The molecule has 2 aromatic carbocycles. The van der Waals surface area contributed by atoms with Gasteiger partial charge >= 0.3 is 12.0 Å². The number of nitrogens with one attached hydrogen (secondary N) is 1. The first-order valence-corrected chi connectivity index (χ1v) is 10.6. The fourth-order valence-corrected chi connectivity index (χ4v) is 3.82. The van der Waals surface area contributed by atoms with Gasteiger partial charge in [-0.15, -0.1) is 0 Å². The lowest BCUT2D eigenvalue weighted by atomic mass is 10.1. The minimum atomic E-state index is -0.372. The van der Waals surface area contributed by atoms with E-state index in [1.165, 1.54) is 23.3 Å². The number of unbranched alkanes of at least 4 members (excludes halogenated alkanes) is 1. The maximum Gasteiger partial charge on any atom is 0.330 e. The van der Waals surface area contributed by atoms with Crippen molar-refractivity contribution in [2.45, 2.75) is 19.3 Å². The molecule has 164 valence electrons. The van der Waals surface area contributed by atoms with Crippen LogP contribution in [-0.2, 0) is 11.2 Å². The van der Waals surface area contributed by atoms with Gasteiger partial charge in [0, 0.05) is 25.7 Å². The summed E-state index contributed by atoms with van der Waals surface area (Å²) in [5, 5.41) is 2.93. The van der Waals surface area contributed by atoms with Crippen LogP contribution in [0.1, 0.15) is 18.4 Å². The quantitative estimate of drug-likeness (QED) is 0.585. The summed E-state index contributed by atoms with van der Waals surface area (Å²) in [7, 11) is 1.45. The van der Waals surface area contributed by atoms with Crippen molar-refractivity contribution in [1.29, 1.82) is 0 Å². The molecule has 2 heterocycles. The highest BCUT2D eigenvalue weighted by Gasteiger charge is 2.22. The zero-order chi connectivity index (χ0) is 21.6. The molecule has 1 aromatic heterocycles. The van der Waals surface area contributed by atoms with E-state index in [9.17, 15) is 9.18 Å². The number of carbonyl (C=O) groups excluding carboxylic acids is 1. The Bertz CT molecular complexity index is 1030. The standard InChI is InChI=1S/C23H27FN4O3/c1-30-23-26-19-15-18(24)20(27-11-13-31-14-12-27)16-21(19)28(23)22(29)25-10-6-5-9-17-7-3-2-4-8-17/h2-4,7-8,15-16H,5-6,9-14H2,1H3,(H,25,29). The highest BCUT2D eigenvalue weighted by Crippen LogP contribution is 2.29. The Morgan fingerprint density at radius 2 is 1.97 bits per heavy atom. The van der Waals surface area contributed by atoms with Gasteiger partial charge in [0.1, 0.15) is 5.82 Å². The average molecular weight is 426 g/mol. The summed E-state index contributed by atoms with van der Waals surface area (Å²) in [6.07, 6.45) is 2.79. The van der Waals surface area contributed by atoms with Gasteiger partial charge < -0.3 is 19.7 Å². The number of halogens is 1. The third-order valence-corrected chi connectivity index (χ3v) is 5.44. The molecule has 0 spiro atoms. The van der Waals surface area contributed by atoms with Gasteiger partial charge in [-0.1, -0.05) is 30.3 Å². The van der Waals surface area contributed by atoms with Crippen molar-refractivity contribution in [3.05, 3.63) is 53.8 Å². The molecule has 1 N–H and O–H groups in total. The SMILES string of the molecule is COc1nc2cc(F)c(N3CCOCC3)cc2n1C(=O)NCCCCc1ccccc1. The summed E-state index contributed by atoms with van der Waals surface area (Å²) >= 11 is 0. The van der Waals surface area contributed by atoms with Gasteiger partial charge in [-0.3, -0.25) is 0 Å². The molecule has 8 heteroatoms. The Hall–Kier alpha value is -3.13. The lowest BCUT2D eigenvalue weighted by molar-refractivity contribution is 0.122. The number of anilines is 1. The molecular weight excluding hydrogens is 399 g/mol. The Kier molecular flexibility index (Phi) is 6.66. The number of benzene rings is 2. The molecule has 0 bridgehead atoms. The molecular formula is C23H27FN4O3. The van der Waals surface area contributed by atoms with Crippen molar-refractivity contribution in [1.82, 2.24) is 14.9 Å². The van der Waals surface area contributed by atoms with Crippen molar-refractivity contribution >= 4 is 22.8 Å². The van der Waals surface area contributed by atoms with Crippen LogP contribution in [0.4, 0.5) is 14.9 Å². The summed E-state index contributed by atoms with van der Waals surface area (Å²) in [4.78, 5) is 19.1. The molecule has 31 heavy (non-hydrogen) atoms. The van der Waals surface area contributed by atoms with E-state index in [2.05, 4.69) is 22.4 Å². The molecule has 0 saturated carbocycles. The largest absolute Gasteiger partial charge is 0.468 e. The van der Waals surface area contributed by atoms with Gasteiger partial charge in [-0.05, 0) is 30.9 Å². The second-order valence-corrected chi connectivity index (χ2v) is 7.50. The van der Waals surface area contributed by atoms with Crippen LogP contribution in [0.25, 0.3) is 11.0 Å². The Labute approximate surface area is 180 Å². The summed E-state index contributed by atoms with van der Waals surface area (Å²) in [6, 6.07) is 13.1. The van der Waals surface area contributed by atoms with Crippen LogP contribution in [0.5, 0.6) is 6.01 Å². The van der Waals surface area contributed by atoms with Crippen molar-refractivity contribution in [2.24, 2.45) is 0 Å². The normalized spacial score (nSPS) is 14.1. The molecule has 1 amide bonds. The van der Waals surface area contributed by atoms with E-state index in [4.69, 9.17) is 9.47 Å². The second kappa shape index (κ2) is 9.78. The van der Waals surface area contributed by atoms with Gasteiger partial charge in [-0.25, -0.2) is 13.8 Å². The number of aromatic nitrogens is 2. The monoisotopic (exact) mass is 426 g/mol. The van der Waals surface area contributed by atoms with Gasteiger partial charge in [0.2, 0.25) is 0 Å². The number of hydrogen-bond donors (Lipinski definition) is 1. The van der Waals surface area contributed by atoms with Crippen LogP contribution in [0, 0.1) is 5.82 Å². The van der Waals surface area contributed by atoms with Crippen LogP contribution in [0.2, 0.25) is 0 Å². The summed E-state index contributed by atoms with van der Waals surface area (Å²) < 4.78 is 26.7. The lowest BCUT2D eigenvalue weighted by Gasteiger charge is -2.29. The van der Waals surface area contributed by atoms with E-state index in [1.807, 2.05) is 23.1 Å². The summed E-state index contributed by atoms with van der Waals surface area (Å²) in [5.74, 6) is -0.372. The fraction of sp³-hybridized carbons (Fsp3) is 0.391. The van der Waals surface area contributed by atoms with E-state index in [0.29, 0.717) is 49.6 Å². The van der Waals surface area contributed by atoms with Crippen LogP contribution in [-0.4, -0.2) is 55.5 Å². The van der Waals surface area contributed by atoms with Crippen molar-refractivity contribution in [3.8, 4) is 6.01 Å². The lowest BCUT2D eigenvalue weighted by Crippen LogP contribution is -2.36. The maximum atomic E-state index is 14.7. The fourth-order valence-electron chi connectivity index (χ4n) is 3.82. The first kappa shape index (κ1) is 21.1. The molecule has 1 saturated heterocycles. The van der Waals surface area contributed by atoms with Crippen LogP contribution >= 0.6 is 0 Å². The molecule has 0 atom stereocenters. The minimum absolute atomic E-state index is 0.135. The van der Waals surface area contributed by atoms with Crippen molar-refractivity contribution in [2.75, 3.05) is 44.9 Å². The first-order chi connectivity index (χ1) is 15.2. The minimum Gasteiger partial charge on any atom is -0.468 e. The first-order valence-electron chi connectivity index (χ1n) is 10.6. The van der Waals surface area contributed by atoms with Gasteiger partial charge in [0.25, 0.3) is 0 Å². The number of methoxy groups -OCH3 is 1.